The summed E-state index contributed by atoms with van der Waals surface area (Å²) in [5.41, 5.74) is 9.26. The van der Waals surface area contributed by atoms with Gasteiger partial charge in [0.1, 0.15) is 11.5 Å². The summed E-state index contributed by atoms with van der Waals surface area (Å²) in [6.45, 7) is 3.47. The van der Waals surface area contributed by atoms with Crippen LogP contribution in [0.3, 0.4) is 0 Å². The average Bonchev–Trinajstić information content (AvgIpc) is 3.56. The highest BCUT2D eigenvalue weighted by molar-refractivity contribution is 6.01. The topological polar surface area (TPSA) is 136 Å². The highest BCUT2D eigenvalue weighted by Gasteiger charge is 2.46. The Labute approximate surface area is 235 Å². The van der Waals surface area contributed by atoms with Crippen molar-refractivity contribution in [2.24, 2.45) is 17.6 Å². The Morgan fingerprint density at radius 1 is 1.12 bits per heavy atom. The number of halogens is 2. The van der Waals surface area contributed by atoms with E-state index in [4.69, 9.17) is 15.7 Å². The second-order valence-electron chi connectivity index (χ2n) is 11.3. The number of hydrogen-bond donors (Lipinski definition) is 2. The lowest BCUT2D eigenvalue weighted by atomic mass is 9.73. The molecule has 0 spiro atoms. The molecule has 0 radical (unpaired) electrons. The largest absolute Gasteiger partial charge is 0.364 e. The molecule has 10 nitrogen and oxygen atoms in total. The number of primary amides is 1. The standard InChI is InChI=1S/C29H32F2N8O2/c1-3-39-24(25(32)40)20(13-34-39)23(17-6-4-16(2)5-7-17)27-36-22-9-8-21(35-26(22)37-27)19-12-33-11-10-18(19)28(41)38-14-29(30,31)15-38/h8-13,16-17,23H,3-7,14-15H2,1-2H3,(H2,32,40)(H,35,36,37)/t16?,17?,23-/m0/s1. The van der Waals surface area contributed by atoms with Crippen LogP contribution in [-0.4, -0.2) is 65.4 Å². The molecule has 12 heteroatoms. The maximum atomic E-state index is 13.4. The summed E-state index contributed by atoms with van der Waals surface area (Å²) < 4.78 is 28.5. The van der Waals surface area contributed by atoms with E-state index in [1.54, 1.807) is 16.9 Å². The molecule has 0 bridgehead atoms. The first-order chi connectivity index (χ1) is 19.6. The van der Waals surface area contributed by atoms with Gasteiger partial charge in [-0.2, -0.15) is 5.10 Å². The van der Waals surface area contributed by atoms with Crippen LogP contribution < -0.4 is 5.73 Å². The van der Waals surface area contributed by atoms with Crippen LogP contribution in [0.4, 0.5) is 8.78 Å². The molecule has 4 aromatic rings. The van der Waals surface area contributed by atoms with Gasteiger partial charge in [0.05, 0.1) is 36.1 Å². The van der Waals surface area contributed by atoms with E-state index in [-0.39, 0.29) is 17.4 Å². The number of aromatic amines is 1. The number of aryl methyl sites for hydroxylation is 1. The van der Waals surface area contributed by atoms with E-state index in [1.165, 1.54) is 18.5 Å². The minimum Gasteiger partial charge on any atom is -0.364 e. The van der Waals surface area contributed by atoms with Gasteiger partial charge in [-0.15, -0.1) is 0 Å². The van der Waals surface area contributed by atoms with Crippen LogP contribution in [0.2, 0.25) is 0 Å². The van der Waals surface area contributed by atoms with E-state index in [0.717, 1.165) is 36.1 Å². The molecule has 41 heavy (non-hydrogen) atoms. The minimum absolute atomic E-state index is 0.230. The zero-order valence-corrected chi connectivity index (χ0v) is 23.0. The van der Waals surface area contributed by atoms with Crippen molar-refractivity contribution in [3.8, 4) is 11.3 Å². The number of pyridine rings is 2. The summed E-state index contributed by atoms with van der Waals surface area (Å²) in [4.78, 5) is 43.9. The number of likely N-dealkylation sites (tertiary alicyclic amines) is 1. The van der Waals surface area contributed by atoms with Crippen LogP contribution in [0, 0.1) is 11.8 Å². The number of aromatic nitrogens is 6. The van der Waals surface area contributed by atoms with Gasteiger partial charge in [0.2, 0.25) is 0 Å². The fourth-order valence-corrected chi connectivity index (χ4v) is 6.20. The maximum Gasteiger partial charge on any atom is 0.282 e. The molecule has 5 heterocycles. The molecule has 2 amide bonds. The summed E-state index contributed by atoms with van der Waals surface area (Å²) in [7, 11) is 0. The number of H-pyrrole nitrogens is 1. The van der Waals surface area contributed by atoms with E-state index in [0.29, 0.717) is 46.4 Å². The zero-order chi connectivity index (χ0) is 28.9. The lowest BCUT2D eigenvalue weighted by Gasteiger charge is -2.38. The van der Waals surface area contributed by atoms with Gasteiger partial charge >= 0.3 is 0 Å². The fourth-order valence-electron chi connectivity index (χ4n) is 6.20. The molecular formula is C29H32F2N8O2. The van der Waals surface area contributed by atoms with Crippen LogP contribution >= 0.6 is 0 Å². The summed E-state index contributed by atoms with van der Waals surface area (Å²) >= 11 is 0. The number of nitrogens with two attached hydrogens (primary N) is 1. The van der Waals surface area contributed by atoms with Gasteiger partial charge in [0.25, 0.3) is 17.7 Å². The van der Waals surface area contributed by atoms with Crippen LogP contribution in [0.1, 0.15) is 77.7 Å². The normalized spacial score (nSPS) is 21.0. The fraction of sp³-hybridized carbons (Fsp3) is 0.448. The van der Waals surface area contributed by atoms with Gasteiger partial charge in [0, 0.05) is 36.0 Å². The molecule has 0 unspecified atom stereocenters. The second-order valence-corrected chi connectivity index (χ2v) is 11.3. The van der Waals surface area contributed by atoms with Crippen molar-refractivity contribution in [1.29, 1.82) is 0 Å². The number of carbonyl (C=O) groups is 2. The number of nitrogens with one attached hydrogen (secondary N) is 1. The molecule has 2 aliphatic rings. The Hall–Kier alpha value is -4.22. The number of nitrogens with zero attached hydrogens (tertiary/aromatic N) is 6. The third-order valence-electron chi connectivity index (χ3n) is 8.39. The summed E-state index contributed by atoms with van der Waals surface area (Å²) in [6.07, 6.45) is 8.82. The quantitative estimate of drug-likeness (QED) is 0.343. The minimum atomic E-state index is -2.86. The van der Waals surface area contributed by atoms with Crippen LogP contribution in [0.5, 0.6) is 0 Å². The van der Waals surface area contributed by atoms with E-state index in [1.807, 2.05) is 13.0 Å². The second kappa shape index (κ2) is 10.3. The van der Waals surface area contributed by atoms with E-state index < -0.39 is 30.8 Å². The van der Waals surface area contributed by atoms with Gasteiger partial charge in [-0.3, -0.25) is 19.3 Å². The Balaban J connectivity index is 1.39. The molecular weight excluding hydrogens is 530 g/mol. The predicted molar refractivity (Wildman–Crippen MR) is 147 cm³/mol. The Kier molecular flexibility index (Phi) is 6.79. The van der Waals surface area contributed by atoms with Crippen LogP contribution in [0.25, 0.3) is 22.4 Å². The molecule has 4 aromatic heterocycles. The highest BCUT2D eigenvalue weighted by atomic mass is 19.3. The van der Waals surface area contributed by atoms with Crippen LogP contribution in [-0.2, 0) is 6.54 Å². The molecule has 214 valence electrons. The SMILES string of the molecule is CCn1ncc([C@@H](c2nc3nc(-c4cnccc4C(=O)N4CC(F)(F)C4)ccc3[nH]2)C2CCC(C)CC2)c1C(N)=O. The van der Waals surface area contributed by atoms with E-state index in [2.05, 4.69) is 22.0 Å². The van der Waals surface area contributed by atoms with Gasteiger partial charge in [0.15, 0.2) is 5.65 Å². The lowest BCUT2D eigenvalue weighted by molar-refractivity contribution is -0.113. The number of rotatable bonds is 7. The third-order valence-corrected chi connectivity index (χ3v) is 8.39. The van der Waals surface area contributed by atoms with Crippen molar-refractivity contribution < 1.29 is 18.4 Å². The first-order valence-corrected chi connectivity index (χ1v) is 14.0. The van der Waals surface area contributed by atoms with E-state index >= 15 is 0 Å². The number of hydrogen-bond acceptors (Lipinski definition) is 6. The van der Waals surface area contributed by atoms with Gasteiger partial charge < -0.3 is 15.6 Å². The van der Waals surface area contributed by atoms with Crippen molar-refractivity contribution in [2.75, 3.05) is 13.1 Å². The van der Waals surface area contributed by atoms with Gasteiger partial charge in [-0.25, -0.2) is 18.7 Å². The molecule has 1 saturated heterocycles. The molecule has 3 N–H and O–H groups in total. The molecule has 1 saturated carbocycles. The predicted octanol–water partition coefficient (Wildman–Crippen LogP) is 4.38. The van der Waals surface area contributed by atoms with Crippen molar-refractivity contribution in [1.82, 2.24) is 34.6 Å². The number of fused-ring (bicyclic) bond motifs is 1. The highest BCUT2D eigenvalue weighted by Crippen LogP contribution is 2.42. The number of imidazole rings is 1. The molecule has 1 aliphatic heterocycles. The van der Waals surface area contributed by atoms with Crippen molar-refractivity contribution in [3.63, 3.8) is 0 Å². The van der Waals surface area contributed by atoms with Crippen molar-refractivity contribution >= 4 is 23.0 Å². The van der Waals surface area contributed by atoms with Gasteiger partial charge in [-0.05, 0) is 49.8 Å². The maximum absolute atomic E-state index is 13.4. The summed E-state index contributed by atoms with van der Waals surface area (Å²) in [5, 5.41) is 4.45. The van der Waals surface area contributed by atoms with E-state index in [9.17, 15) is 18.4 Å². The molecule has 1 aliphatic carbocycles. The smallest absolute Gasteiger partial charge is 0.282 e. The third kappa shape index (κ3) is 4.95. The molecule has 0 aromatic carbocycles. The zero-order valence-electron chi connectivity index (χ0n) is 23.0. The monoisotopic (exact) mass is 562 g/mol. The first-order valence-electron chi connectivity index (χ1n) is 14.0. The summed E-state index contributed by atoms with van der Waals surface area (Å²) in [6, 6.07) is 5.11. The first kappa shape index (κ1) is 27.0. The Morgan fingerprint density at radius 2 is 1.88 bits per heavy atom. The average molecular weight is 563 g/mol. The number of carbonyl (C=O) groups excluding carboxylic acids is 2. The van der Waals surface area contributed by atoms with Crippen LogP contribution in [0.15, 0.2) is 36.8 Å². The van der Waals surface area contributed by atoms with Crippen molar-refractivity contribution in [2.45, 2.75) is 57.9 Å². The van der Waals surface area contributed by atoms with Crippen molar-refractivity contribution in [3.05, 3.63) is 59.4 Å². The lowest BCUT2D eigenvalue weighted by Crippen LogP contribution is -2.58. The molecule has 1 atom stereocenters. The molecule has 2 fully saturated rings. The summed E-state index contributed by atoms with van der Waals surface area (Å²) in [5.74, 6) is -2.56. The Morgan fingerprint density at radius 3 is 2.56 bits per heavy atom. The number of amides is 2. The van der Waals surface area contributed by atoms with Gasteiger partial charge in [-0.1, -0.05) is 19.8 Å². The Bertz CT molecular complexity index is 1610. The molecule has 6 rings (SSSR count). The number of alkyl halides is 2.